The Hall–Kier alpha value is -0.870. The highest BCUT2D eigenvalue weighted by Gasteiger charge is 2.18. The van der Waals surface area contributed by atoms with Gasteiger partial charge < -0.3 is 10.3 Å². The van der Waals surface area contributed by atoms with Crippen molar-refractivity contribution in [2.45, 2.75) is 45.7 Å². The van der Waals surface area contributed by atoms with Crippen LogP contribution in [-0.2, 0) is 0 Å². The number of nitrogens with two attached hydrogens (primary N) is 1. The van der Waals surface area contributed by atoms with Gasteiger partial charge >= 0.3 is 0 Å². The first kappa shape index (κ1) is 13.6. The zero-order chi connectivity index (χ0) is 13.3. The van der Waals surface area contributed by atoms with Gasteiger partial charge in [-0.25, -0.2) is 4.98 Å². The molecule has 2 rings (SSSR count). The highest BCUT2D eigenvalue weighted by Crippen LogP contribution is 2.27. The van der Waals surface area contributed by atoms with Gasteiger partial charge in [0.2, 0.25) is 0 Å². The monoisotopic (exact) mass is 309 g/mol. The van der Waals surface area contributed by atoms with E-state index >= 15 is 0 Å². The van der Waals surface area contributed by atoms with Gasteiger partial charge in [0.25, 0.3) is 0 Å². The molecule has 4 heteroatoms. The molecule has 0 spiro atoms. The Morgan fingerprint density at radius 3 is 2.72 bits per heavy atom. The summed E-state index contributed by atoms with van der Waals surface area (Å²) in [6.07, 6.45) is 2.05. The number of fused-ring (bicyclic) bond motifs is 1. The Balaban J connectivity index is 2.60. The van der Waals surface area contributed by atoms with Crippen LogP contribution in [0.2, 0.25) is 0 Å². The molecule has 0 bridgehead atoms. The van der Waals surface area contributed by atoms with Crippen LogP contribution in [0.15, 0.2) is 22.7 Å². The zero-order valence-corrected chi connectivity index (χ0v) is 12.7. The topological polar surface area (TPSA) is 43.8 Å². The number of aromatic nitrogens is 2. The molecule has 0 aliphatic heterocycles. The molecule has 1 aromatic heterocycles. The largest absolute Gasteiger partial charge is 0.324 e. The van der Waals surface area contributed by atoms with Crippen molar-refractivity contribution in [2.75, 3.05) is 0 Å². The minimum atomic E-state index is 0.0172. The molecule has 0 amide bonds. The number of nitrogens with zero attached hydrogens (tertiary/aromatic N) is 2. The van der Waals surface area contributed by atoms with Crippen LogP contribution < -0.4 is 5.73 Å². The molecule has 0 aliphatic rings. The molecule has 1 heterocycles. The quantitative estimate of drug-likeness (QED) is 0.920. The van der Waals surface area contributed by atoms with E-state index < -0.39 is 0 Å². The van der Waals surface area contributed by atoms with Crippen LogP contribution in [0.1, 0.15) is 51.5 Å². The third-order valence-electron chi connectivity index (χ3n) is 3.13. The molecular weight excluding hydrogens is 290 g/mol. The molecule has 0 fully saturated rings. The van der Waals surface area contributed by atoms with Gasteiger partial charge in [0.05, 0.1) is 17.1 Å². The third kappa shape index (κ3) is 2.45. The van der Waals surface area contributed by atoms with Crippen LogP contribution in [0.4, 0.5) is 0 Å². The maximum Gasteiger partial charge on any atom is 0.127 e. The molecule has 0 aliphatic carbocycles. The maximum absolute atomic E-state index is 6.25. The fraction of sp³-hybridized carbons (Fsp3) is 0.500. The van der Waals surface area contributed by atoms with Crippen LogP contribution in [0.5, 0.6) is 0 Å². The molecule has 2 aromatic rings. The fourth-order valence-electron chi connectivity index (χ4n) is 2.33. The summed E-state index contributed by atoms with van der Waals surface area (Å²) in [4.78, 5) is 4.72. The third-order valence-corrected chi connectivity index (χ3v) is 3.62. The number of benzene rings is 1. The van der Waals surface area contributed by atoms with Gasteiger partial charge in [-0.1, -0.05) is 29.3 Å². The summed E-state index contributed by atoms with van der Waals surface area (Å²) < 4.78 is 3.31. The molecule has 0 radical (unpaired) electrons. The van der Waals surface area contributed by atoms with E-state index in [9.17, 15) is 0 Å². The highest BCUT2D eigenvalue weighted by atomic mass is 79.9. The first-order chi connectivity index (χ1) is 8.54. The molecule has 2 N–H and O–H groups in total. The Morgan fingerprint density at radius 2 is 2.11 bits per heavy atom. The minimum absolute atomic E-state index is 0.0172. The Morgan fingerprint density at radius 1 is 1.39 bits per heavy atom. The highest BCUT2D eigenvalue weighted by molar-refractivity contribution is 9.10. The Kier molecular flexibility index (Phi) is 4.07. The van der Waals surface area contributed by atoms with E-state index in [0.717, 1.165) is 34.2 Å². The number of hydrogen-bond acceptors (Lipinski definition) is 2. The van der Waals surface area contributed by atoms with Crippen LogP contribution in [0.25, 0.3) is 11.0 Å². The molecule has 0 saturated heterocycles. The molecule has 1 unspecified atom stereocenters. The van der Waals surface area contributed by atoms with Crippen molar-refractivity contribution in [3.63, 3.8) is 0 Å². The van der Waals surface area contributed by atoms with E-state index in [1.807, 2.05) is 0 Å². The number of halogens is 1. The zero-order valence-electron chi connectivity index (χ0n) is 11.2. The lowest BCUT2D eigenvalue weighted by Crippen LogP contribution is -2.17. The summed E-state index contributed by atoms with van der Waals surface area (Å²) in [6, 6.07) is 6.60. The predicted octanol–water partition coefficient (Wildman–Crippen LogP) is 4.18. The fourth-order valence-corrected chi connectivity index (χ4v) is 2.68. The van der Waals surface area contributed by atoms with Gasteiger partial charge in [-0.15, -0.1) is 0 Å². The van der Waals surface area contributed by atoms with Gasteiger partial charge in [0.15, 0.2) is 0 Å². The van der Waals surface area contributed by atoms with Gasteiger partial charge in [-0.3, -0.25) is 0 Å². The van der Waals surface area contributed by atoms with E-state index in [4.69, 9.17) is 10.7 Å². The lowest BCUT2D eigenvalue weighted by molar-refractivity contribution is 0.520. The van der Waals surface area contributed by atoms with Crippen molar-refractivity contribution in [1.29, 1.82) is 0 Å². The lowest BCUT2D eigenvalue weighted by atomic mass is 10.1. The Labute approximate surface area is 117 Å². The van der Waals surface area contributed by atoms with E-state index in [1.165, 1.54) is 0 Å². The van der Waals surface area contributed by atoms with Crippen LogP contribution in [0, 0.1) is 0 Å². The van der Waals surface area contributed by atoms with Gasteiger partial charge in [0, 0.05) is 10.5 Å². The van der Waals surface area contributed by atoms with Crippen LogP contribution >= 0.6 is 15.9 Å². The second-order valence-electron chi connectivity index (χ2n) is 4.96. The molecule has 1 atom stereocenters. The number of hydrogen-bond donors (Lipinski definition) is 1. The van der Waals surface area contributed by atoms with E-state index in [-0.39, 0.29) is 6.04 Å². The number of rotatable bonds is 4. The molecule has 1 aromatic carbocycles. The summed E-state index contributed by atoms with van der Waals surface area (Å²) in [7, 11) is 0. The van der Waals surface area contributed by atoms with E-state index in [1.54, 1.807) is 0 Å². The maximum atomic E-state index is 6.25. The predicted molar refractivity (Wildman–Crippen MR) is 79.7 cm³/mol. The molecule has 98 valence electrons. The number of imidazole rings is 1. The van der Waals surface area contributed by atoms with Crippen LogP contribution in [0.3, 0.4) is 0 Å². The van der Waals surface area contributed by atoms with Crippen LogP contribution in [-0.4, -0.2) is 9.55 Å². The SMILES string of the molecule is CCCC(N)c1nc2cc(Br)ccc2n1C(C)C. The second-order valence-corrected chi connectivity index (χ2v) is 5.88. The summed E-state index contributed by atoms with van der Waals surface area (Å²) in [5, 5.41) is 0. The average Bonchev–Trinajstić information content (AvgIpc) is 2.67. The van der Waals surface area contributed by atoms with Crippen molar-refractivity contribution < 1.29 is 0 Å². The second kappa shape index (κ2) is 5.41. The summed E-state index contributed by atoms with van der Waals surface area (Å²) in [5.74, 6) is 1.000. The van der Waals surface area contributed by atoms with E-state index in [0.29, 0.717) is 6.04 Å². The van der Waals surface area contributed by atoms with Crippen molar-refractivity contribution in [1.82, 2.24) is 9.55 Å². The molecule has 0 saturated carbocycles. The summed E-state index contributed by atoms with van der Waals surface area (Å²) in [6.45, 7) is 6.50. The first-order valence-corrected chi connectivity index (χ1v) is 7.26. The summed E-state index contributed by atoms with van der Waals surface area (Å²) in [5.41, 5.74) is 8.43. The van der Waals surface area contributed by atoms with Crippen molar-refractivity contribution in [2.24, 2.45) is 5.73 Å². The lowest BCUT2D eigenvalue weighted by Gasteiger charge is -2.17. The van der Waals surface area contributed by atoms with Gasteiger partial charge in [-0.05, 0) is 38.5 Å². The molecule has 18 heavy (non-hydrogen) atoms. The standard InChI is InChI=1S/C14H20BrN3/c1-4-5-11(16)14-17-12-8-10(15)6-7-13(12)18(14)9(2)3/h6-9,11H,4-5,16H2,1-3H3. The minimum Gasteiger partial charge on any atom is -0.324 e. The molecule has 3 nitrogen and oxygen atoms in total. The van der Waals surface area contributed by atoms with Crippen molar-refractivity contribution >= 4 is 27.0 Å². The molecular formula is C14H20BrN3. The van der Waals surface area contributed by atoms with Gasteiger partial charge in [-0.2, -0.15) is 0 Å². The normalized spacial score (nSPS) is 13.4. The van der Waals surface area contributed by atoms with E-state index in [2.05, 4.69) is 59.5 Å². The van der Waals surface area contributed by atoms with Crippen molar-refractivity contribution in [3.8, 4) is 0 Å². The first-order valence-electron chi connectivity index (χ1n) is 6.47. The smallest absolute Gasteiger partial charge is 0.127 e. The Bertz CT molecular complexity index is 545. The summed E-state index contributed by atoms with van der Waals surface area (Å²) >= 11 is 3.49. The van der Waals surface area contributed by atoms with Gasteiger partial charge in [0.1, 0.15) is 5.82 Å². The average molecular weight is 310 g/mol. The van der Waals surface area contributed by atoms with Crippen molar-refractivity contribution in [3.05, 3.63) is 28.5 Å².